The molecule has 5 heteroatoms. The van der Waals surface area contributed by atoms with E-state index in [1.807, 2.05) is 27.7 Å². The molecule has 1 rings (SSSR count). The van der Waals surface area contributed by atoms with Gasteiger partial charge in [0, 0.05) is 0 Å². The number of carbonyl (C=O) groups excluding carboxylic acids is 1. The zero-order valence-corrected chi connectivity index (χ0v) is 11.7. The minimum atomic E-state index is -0.975. The standard InChI is InChI=1S/C12H21NO3S/c1-11(2,3)8(9(14)15)13-10(16)12(4)6-5-7-17-12/h8H,5-7H2,1-4H3,(H,13,16)(H,14,15)/t8-,12?/m0/s1. The maximum Gasteiger partial charge on any atom is 0.326 e. The Labute approximate surface area is 107 Å². The number of amides is 1. The minimum absolute atomic E-state index is 0.151. The van der Waals surface area contributed by atoms with Crippen molar-refractivity contribution in [3.8, 4) is 0 Å². The Hall–Kier alpha value is -0.710. The molecule has 2 atom stereocenters. The van der Waals surface area contributed by atoms with Crippen LogP contribution in [0, 0.1) is 5.41 Å². The fraction of sp³-hybridized carbons (Fsp3) is 0.833. The van der Waals surface area contributed by atoms with Gasteiger partial charge in [0.15, 0.2) is 0 Å². The molecule has 2 N–H and O–H groups in total. The summed E-state index contributed by atoms with van der Waals surface area (Å²) in [5.74, 6) is -0.156. The summed E-state index contributed by atoms with van der Waals surface area (Å²) in [5, 5.41) is 11.8. The molecular weight excluding hydrogens is 238 g/mol. The highest BCUT2D eigenvalue weighted by molar-refractivity contribution is 8.01. The predicted molar refractivity (Wildman–Crippen MR) is 69.1 cm³/mol. The molecule has 1 amide bonds. The highest BCUT2D eigenvalue weighted by atomic mass is 32.2. The average Bonchev–Trinajstić information content (AvgIpc) is 2.60. The van der Waals surface area contributed by atoms with Crippen LogP contribution in [0.2, 0.25) is 0 Å². The molecule has 0 aliphatic carbocycles. The fourth-order valence-electron chi connectivity index (χ4n) is 1.89. The van der Waals surface area contributed by atoms with Gasteiger partial charge in [0.05, 0.1) is 4.75 Å². The van der Waals surface area contributed by atoms with Crippen LogP contribution < -0.4 is 5.32 Å². The number of aliphatic carboxylic acids is 1. The van der Waals surface area contributed by atoms with Crippen LogP contribution in [0.4, 0.5) is 0 Å². The zero-order valence-electron chi connectivity index (χ0n) is 10.9. The number of carbonyl (C=O) groups is 2. The van der Waals surface area contributed by atoms with Gasteiger partial charge >= 0.3 is 5.97 Å². The molecule has 17 heavy (non-hydrogen) atoms. The zero-order chi connectivity index (χ0) is 13.3. The van der Waals surface area contributed by atoms with Crippen molar-refractivity contribution in [2.45, 2.75) is 51.3 Å². The first-order valence-corrected chi connectivity index (χ1v) is 6.83. The highest BCUT2D eigenvalue weighted by Crippen LogP contribution is 2.38. The highest BCUT2D eigenvalue weighted by Gasteiger charge is 2.41. The minimum Gasteiger partial charge on any atom is -0.480 e. The van der Waals surface area contributed by atoms with Crippen LogP contribution in [-0.4, -0.2) is 33.5 Å². The summed E-state index contributed by atoms with van der Waals surface area (Å²) in [7, 11) is 0. The van der Waals surface area contributed by atoms with E-state index in [1.165, 1.54) is 0 Å². The van der Waals surface area contributed by atoms with E-state index in [0.717, 1.165) is 18.6 Å². The molecular formula is C12H21NO3S. The number of rotatable bonds is 3. The van der Waals surface area contributed by atoms with Crippen molar-refractivity contribution >= 4 is 23.6 Å². The van der Waals surface area contributed by atoms with E-state index < -0.39 is 22.2 Å². The van der Waals surface area contributed by atoms with Gasteiger partial charge in [0.1, 0.15) is 6.04 Å². The molecule has 98 valence electrons. The Bertz CT molecular complexity index is 316. The van der Waals surface area contributed by atoms with Crippen molar-refractivity contribution in [1.29, 1.82) is 0 Å². The quantitative estimate of drug-likeness (QED) is 0.812. The Morgan fingerprint density at radius 1 is 1.41 bits per heavy atom. The second-order valence-corrected chi connectivity index (χ2v) is 7.39. The molecule has 0 aromatic heterocycles. The van der Waals surface area contributed by atoms with Crippen molar-refractivity contribution in [3.63, 3.8) is 0 Å². The number of nitrogens with one attached hydrogen (secondary N) is 1. The largest absolute Gasteiger partial charge is 0.480 e. The topological polar surface area (TPSA) is 66.4 Å². The molecule has 1 unspecified atom stereocenters. The first-order valence-electron chi connectivity index (χ1n) is 5.84. The lowest BCUT2D eigenvalue weighted by Gasteiger charge is -2.31. The maximum absolute atomic E-state index is 12.1. The molecule has 1 heterocycles. The van der Waals surface area contributed by atoms with Gasteiger partial charge in [-0.25, -0.2) is 4.79 Å². The number of carboxylic acids is 1. The second kappa shape index (κ2) is 4.88. The van der Waals surface area contributed by atoms with Crippen LogP contribution in [0.25, 0.3) is 0 Å². The van der Waals surface area contributed by atoms with Crippen molar-refractivity contribution < 1.29 is 14.7 Å². The lowest BCUT2D eigenvalue weighted by molar-refractivity contribution is -0.145. The number of carboxylic acid groups (broad SMARTS) is 1. The third-order valence-electron chi connectivity index (χ3n) is 3.09. The van der Waals surface area contributed by atoms with E-state index >= 15 is 0 Å². The van der Waals surface area contributed by atoms with Crippen molar-refractivity contribution in [1.82, 2.24) is 5.32 Å². The average molecular weight is 259 g/mol. The summed E-state index contributed by atoms with van der Waals surface area (Å²) in [6.07, 6.45) is 1.84. The molecule has 1 fully saturated rings. The molecule has 0 aromatic carbocycles. The summed E-state index contributed by atoms with van der Waals surface area (Å²) in [4.78, 5) is 23.3. The predicted octanol–water partition coefficient (Wildman–Crippen LogP) is 1.89. The van der Waals surface area contributed by atoms with E-state index in [0.29, 0.717) is 0 Å². The van der Waals surface area contributed by atoms with Gasteiger partial charge in [-0.15, -0.1) is 11.8 Å². The second-order valence-electron chi connectivity index (χ2n) is 5.79. The van der Waals surface area contributed by atoms with E-state index in [-0.39, 0.29) is 5.91 Å². The van der Waals surface area contributed by atoms with Crippen LogP contribution in [0.5, 0.6) is 0 Å². The van der Waals surface area contributed by atoms with Gasteiger partial charge in [-0.3, -0.25) is 4.79 Å². The van der Waals surface area contributed by atoms with Crippen molar-refractivity contribution in [2.24, 2.45) is 5.41 Å². The lowest BCUT2D eigenvalue weighted by Crippen LogP contribution is -2.53. The van der Waals surface area contributed by atoms with E-state index in [4.69, 9.17) is 5.11 Å². The monoisotopic (exact) mass is 259 g/mol. The summed E-state index contributed by atoms with van der Waals surface area (Å²) in [6.45, 7) is 7.34. The molecule has 1 aliphatic heterocycles. The molecule has 1 aliphatic rings. The molecule has 0 aromatic rings. The third-order valence-corrected chi connectivity index (χ3v) is 4.61. The maximum atomic E-state index is 12.1. The fourth-order valence-corrected chi connectivity index (χ4v) is 3.11. The normalized spacial score (nSPS) is 26.6. The van der Waals surface area contributed by atoms with E-state index in [2.05, 4.69) is 5.32 Å². The van der Waals surface area contributed by atoms with E-state index in [9.17, 15) is 9.59 Å². The summed E-state index contributed by atoms with van der Waals surface area (Å²) < 4.78 is -0.459. The first kappa shape index (κ1) is 14.4. The summed E-state index contributed by atoms with van der Waals surface area (Å²) in [5.41, 5.74) is -0.485. The van der Waals surface area contributed by atoms with Gasteiger partial charge in [-0.2, -0.15) is 0 Å². The van der Waals surface area contributed by atoms with Crippen LogP contribution in [-0.2, 0) is 9.59 Å². The first-order chi connectivity index (χ1) is 7.67. The van der Waals surface area contributed by atoms with Crippen molar-refractivity contribution in [2.75, 3.05) is 5.75 Å². The summed E-state index contributed by atoms with van der Waals surface area (Å²) in [6, 6.07) is -0.840. The molecule has 0 saturated carbocycles. The Kier molecular flexibility index (Phi) is 4.12. The van der Waals surface area contributed by atoms with Gasteiger partial charge in [-0.05, 0) is 30.9 Å². The smallest absolute Gasteiger partial charge is 0.326 e. The van der Waals surface area contributed by atoms with Gasteiger partial charge in [-0.1, -0.05) is 20.8 Å². The molecule has 0 bridgehead atoms. The Balaban J connectivity index is 2.75. The molecule has 1 saturated heterocycles. The van der Waals surface area contributed by atoms with Crippen molar-refractivity contribution in [3.05, 3.63) is 0 Å². The molecule has 0 spiro atoms. The van der Waals surface area contributed by atoms with Gasteiger partial charge in [0.25, 0.3) is 0 Å². The van der Waals surface area contributed by atoms with Crippen LogP contribution >= 0.6 is 11.8 Å². The lowest BCUT2D eigenvalue weighted by atomic mass is 9.86. The SMILES string of the molecule is CC1(C(=O)N[C@@H](C(=O)O)C(C)(C)C)CCCS1. The van der Waals surface area contributed by atoms with Crippen LogP contribution in [0.1, 0.15) is 40.5 Å². The number of thioether (sulfide) groups is 1. The Morgan fingerprint density at radius 2 is 2.00 bits per heavy atom. The van der Waals surface area contributed by atoms with Crippen LogP contribution in [0.3, 0.4) is 0 Å². The van der Waals surface area contributed by atoms with Gasteiger partial charge < -0.3 is 10.4 Å². The van der Waals surface area contributed by atoms with Crippen LogP contribution in [0.15, 0.2) is 0 Å². The van der Waals surface area contributed by atoms with Gasteiger partial charge in [0.2, 0.25) is 5.91 Å². The van der Waals surface area contributed by atoms with E-state index in [1.54, 1.807) is 11.8 Å². The molecule has 0 radical (unpaired) electrons. The third kappa shape index (κ3) is 3.37. The number of hydrogen-bond acceptors (Lipinski definition) is 3. The summed E-state index contributed by atoms with van der Waals surface area (Å²) >= 11 is 1.61. The molecule has 4 nitrogen and oxygen atoms in total. The number of hydrogen-bond donors (Lipinski definition) is 2. The Morgan fingerprint density at radius 3 is 2.35 bits per heavy atom.